The van der Waals surface area contributed by atoms with Crippen LogP contribution < -0.4 is 0 Å². The number of ether oxygens (including phenoxy) is 1. The van der Waals surface area contributed by atoms with E-state index in [9.17, 15) is 14.7 Å². The van der Waals surface area contributed by atoms with Gasteiger partial charge in [0.2, 0.25) is 0 Å². The summed E-state index contributed by atoms with van der Waals surface area (Å²) in [5, 5.41) is 10.8. The number of aromatic carboxylic acids is 1. The Labute approximate surface area is 154 Å². The molecule has 0 saturated carbocycles. The number of hydrogen-bond acceptors (Lipinski definition) is 4. The molecule has 5 heteroatoms. The molecule has 0 fully saturated rings. The number of carboxylic acids is 1. The van der Waals surface area contributed by atoms with Crippen LogP contribution in [0.4, 0.5) is 0 Å². The number of aromatic nitrogens is 1. The van der Waals surface area contributed by atoms with Crippen LogP contribution in [0.15, 0.2) is 72.8 Å². The predicted octanol–water partition coefficient (Wildman–Crippen LogP) is 4.44. The van der Waals surface area contributed by atoms with Crippen molar-refractivity contribution in [3.05, 3.63) is 89.5 Å². The number of fused-ring (bicyclic) bond motifs is 2. The van der Waals surface area contributed by atoms with Gasteiger partial charge in [-0.2, -0.15) is 0 Å². The summed E-state index contributed by atoms with van der Waals surface area (Å²) in [5.74, 6) is -1.61. The van der Waals surface area contributed by atoms with E-state index < -0.39 is 11.9 Å². The van der Waals surface area contributed by atoms with Crippen LogP contribution in [-0.2, 0) is 11.3 Å². The summed E-state index contributed by atoms with van der Waals surface area (Å²) in [6, 6.07) is 21.4. The van der Waals surface area contributed by atoms with Gasteiger partial charge in [-0.15, -0.1) is 0 Å². The van der Waals surface area contributed by atoms with Crippen LogP contribution >= 0.6 is 0 Å². The standard InChI is InChI=1S/C22H15NO4/c24-21(25)17-11-10-16(22(26)27-13-14-6-2-1-3-7-14)18-12-15-8-4-5-9-19(15)23-20(17)18/h1-12H,13H2,(H,24,25). The van der Waals surface area contributed by atoms with Crippen LogP contribution in [0.5, 0.6) is 0 Å². The second kappa shape index (κ2) is 6.88. The zero-order chi connectivity index (χ0) is 18.8. The summed E-state index contributed by atoms with van der Waals surface area (Å²) in [5.41, 5.74) is 2.16. The van der Waals surface area contributed by atoms with Gasteiger partial charge in [-0.05, 0) is 29.8 Å². The number of nitrogens with zero attached hydrogens (tertiary/aromatic N) is 1. The fraction of sp³-hybridized carbons (Fsp3) is 0.0455. The third-order valence-electron chi connectivity index (χ3n) is 4.35. The lowest BCUT2D eigenvalue weighted by atomic mass is 10.0. The molecule has 27 heavy (non-hydrogen) atoms. The van der Waals surface area contributed by atoms with Crippen molar-refractivity contribution in [2.24, 2.45) is 0 Å². The van der Waals surface area contributed by atoms with E-state index in [2.05, 4.69) is 4.98 Å². The van der Waals surface area contributed by atoms with Gasteiger partial charge in [0.25, 0.3) is 0 Å². The molecular formula is C22H15NO4. The molecule has 0 saturated heterocycles. The summed E-state index contributed by atoms with van der Waals surface area (Å²) >= 11 is 0. The average molecular weight is 357 g/mol. The minimum Gasteiger partial charge on any atom is -0.478 e. The van der Waals surface area contributed by atoms with E-state index in [0.717, 1.165) is 10.9 Å². The molecule has 0 aliphatic heterocycles. The third-order valence-corrected chi connectivity index (χ3v) is 4.35. The molecule has 1 N–H and O–H groups in total. The average Bonchev–Trinajstić information content (AvgIpc) is 2.70. The van der Waals surface area contributed by atoms with E-state index in [4.69, 9.17) is 4.74 Å². The maximum atomic E-state index is 12.7. The molecule has 0 atom stereocenters. The first-order valence-corrected chi connectivity index (χ1v) is 8.40. The molecule has 1 heterocycles. The van der Waals surface area contributed by atoms with E-state index >= 15 is 0 Å². The van der Waals surface area contributed by atoms with Gasteiger partial charge in [0, 0.05) is 10.8 Å². The Morgan fingerprint density at radius 3 is 2.37 bits per heavy atom. The quantitative estimate of drug-likeness (QED) is 0.431. The summed E-state index contributed by atoms with van der Waals surface area (Å²) in [6.07, 6.45) is 0. The second-order valence-corrected chi connectivity index (χ2v) is 6.10. The molecule has 5 nitrogen and oxygen atoms in total. The molecule has 0 unspecified atom stereocenters. The first-order valence-electron chi connectivity index (χ1n) is 8.40. The normalized spacial score (nSPS) is 10.8. The lowest BCUT2D eigenvalue weighted by Gasteiger charge is -2.10. The Hall–Kier alpha value is -3.73. The maximum Gasteiger partial charge on any atom is 0.339 e. The highest BCUT2D eigenvalue weighted by atomic mass is 16.5. The van der Waals surface area contributed by atoms with Gasteiger partial charge in [-0.25, -0.2) is 14.6 Å². The van der Waals surface area contributed by atoms with Crippen molar-refractivity contribution < 1.29 is 19.4 Å². The van der Waals surface area contributed by atoms with Gasteiger partial charge in [0.15, 0.2) is 0 Å². The van der Waals surface area contributed by atoms with Crippen molar-refractivity contribution in [2.45, 2.75) is 6.61 Å². The summed E-state index contributed by atoms with van der Waals surface area (Å²) in [6.45, 7) is 0.142. The Bertz CT molecular complexity index is 1170. The highest BCUT2D eigenvalue weighted by Crippen LogP contribution is 2.26. The summed E-state index contributed by atoms with van der Waals surface area (Å²) in [4.78, 5) is 28.7. The van der Waals surface area contributed by atoms with Gasteiger partial charge in [-0.1, -0.05) is 48.5 Å². The monoisotopic (exact) mass is 357 g/mol. The van der Waals surface area contributed by atoms with Crippen molar-refractivity contribution in [2.75, 3.05) is 0 Å². The van der Waals surface area contributed by atoms with Crippen molar-refractivity contribution in [3.8, 4) is 0 Å². The maximum absolute atomic E-state index is 12.7. The summed E-state index contributed by atoms with van der Waals surface area (Å²) in [7, 11) is 0. The van der Waals surface area contributed by atoms with Crippen molar-refractivity contribution in [1.29, 1.82) is 0 Å². The fourth-order valence-electron chi connectivity index (χ4n) is 3.01. The number of carboxylic acid groups (broad SMARTS) is 1. The number of hydrogen-bond donors (Lipinski definition) is 1. The zero-order valence-electron chi connectivity index (χ0n) is 14.3. The lowest BCUT2D eigenvalue weighted by molar-refractivity contribution is 0.0474. The van der Waals surface area contributed by atoms with Crippen LogP contribution in [0.3, 0.4) is 0 Å². The van der Waals surface area contributed by atoms with Gasteiger partial charge < -0.3 is 9.84 Å². The van der Waals surface area contributed by atoms with E-state index in [1.54, 1.807) is 12.1 Å². The van der Waals surface area contributed by atoms with Crippen molar-refractivity contribution >= 4 is 33.7 Å². The minimum absolute atomic E-state index is 0.0513. The first-order chi connectivity index (χ1) is 13.1. The Balaban J connectivity index is 1.80. The van der Waals surface area contributed by atoms with Gasteiger partial charge in [-0.3, -0.25) is 0 Å². The van der Waals surface area contributed by atoms with E-state index in [-0.39, 0.29) is 17.7 Å². The number of para-hydroxylation sites is 1. The molecule has 0 aliphatic carbocycles. The SMILES string of the molecule is O=C(OCc1ccccc1)c1ccc(C(=O)O)c2nc3ccccc3cc12. The van der Waals surface area contributed by atoms with Gasteiger partial charge in [0.05, 0.1) is 22.2 Å². The fourth-order valence-corrected chi connectivity index (χ4v) is 3.01. The Morgan fingerprint density at radius 1 is 0.889 bits per heavy atom. The summed E-state index contributed by atoms with van der Waals surface area (Å²) < 4.78 is 5.42. The van der Waals surface area contributed by atoms with E-state index in [1.807, 2.05) is 48.5 Å². The molecule has 0 aliphatic rings. The second-order valence-electron chi connectivity index (χ2n) is 6.10. The van der Waals surface area contributed by atoms with Crippen LogP contribution in [0.25, 0.3) is 21.8 Å². The van der Waals surface area contributed by atoms with Crippen LogP contribution in [-0.4, -0.2) is 22.0 Å². The Morgan fingerprint density at radius 2 is 1.59 bits per heavy atom. The molecule has 0 spiro atoms. The highest BCUT2D eigenvalue weighted by Gasteiger charge is 2.18. The molecule has 4 aromatic rings. The number of carbonyl (C=O) groups is 2. The molecular weight excluding hydrogens is 342 g/mol. The van der Waals surface area contributed by atoms with Crippen molar-refractivity contribution in [1.82, 2.24) is 4.98 Å². The minimum atomic E-state index is -1.09. The van der Waals surface area contributed by atoms with Crippen LogP contribution in [0.1, 0.15) is 26.3 Å². The number of benzene rings is 3. The molecule has 3 aromatic carbocycles. The zero-order valence-corrected chi connectivity index (χ0v) is 14.3. The number of rotatable bonds is 4. The molecule has 132 valence electrons. The largest absolute Gasteiger partial charge is 0.478 e. The van der Waals surface area contributed by atoms with Crippen LogP contribution in [0.2, 0.25) is 0 Å². The van der Waals surface area contributed by atoms with Gasteiger partial charge in [0.1, 0.15) is 6.61 Å². The lowest BCUT2D eigenvalue weighted by Crippen LogP contribution is -2.08. The van der Waals surface area contributed by atoms with Crippen molar-refractivity contribution in [3.63, 3.8) is 0 Å². The van der Waals surface area contributed by atoms with E-state index in [0.29, 0.717) is 16.5 Å². The van der Waals surface area contributed by atoms with Gasteiger partial charge >= 0.3 is 11.9 Å². The number of pyridine rings is 1. The smallest absolute Gasteiger partial charge is 0.339 e. The first kappa shape index (κ1) is 16.7. The van der Waals surface area contributed by atoms with Crippen LogP contribution in [0, 0.1) is 0 Å². The predicted molar refractivity (Wildman–Crippen MR) is 102 cm³/mol. The van der Waals surface area contributed by atoms with E-state index in [1.165, 1.54) is 12.1 Å². The molecule has 4 rings (SSSR count). The topological polar surface area (TPSA) is 76.5 Å². The highest BCUT2D eigenvalue weighted by molar-refractivity contribution is 6.12. The third kappa shape index (κ3) is 3.22. The molecule has 1 aromatic heterocycles. The Kier molecular flexibility index (Phi) is 4.26. The molecule has 0 radical (unpaired) electrons. The molecule has 0 bridgehead atoms. The number of esters is 1. The molecule has 0 amide bonds. The number of carbonyl (C=O) groups excluding carboxylic acids is 1.